The van der Waals surface area contributed by atoms with E-state index in [0.717, 1.165) is 16.4 Å². The number of carbonyl (C=O) groups excluding carboxylic acids is 2. The number of likely N-dealkylation sites (N-methyl/N-ethyl adjacent to an activating group) is 1. The van der Waals surface area contributed by atoms with Crippen LogP contribution in [-0.4, -0.2) is 64.6 Å². The Labute approximate surface area is 238 Å². The zero-order valence-corrected chi connectivity index (χ0v) is 23.8. The Kier molecular flexibility index (Phi) is 9.33. The average Bonchev–Trinajstić information content (AvgIpc) is 2.98. The van der Waals surface area contributed by atoms with Crippen molar-refractivity contribution in [1.82, 2.24) is 10.2 Å². The number of fused-ring (bicyclic) bond motifs is 1. The number of ether oxygens (including phenoxy) is 3. The number of nitrogens with zero attached hydrogens (tertiary/aromatic N) is 2. The minimum absolute atomic E-state index is 0.00959. The normalized spacial score (nSPS) is 13.2. The topological polar surface area (TPSA) is 114 Å². The van der Waals surface area contributed by atoms with Crippen molar-refractivity contribution < 1.29 is 36.6 Å². The van der Waals surface area contributed by atoms with Gasteiger partial charge in [0.05, 0.1) is 17.7 Å². The van der Waals surface area contributed by atoms with Crippen LogP contribution in [0.1, 0.15) is 19.4 Å². The Morgan fingerprint density at radius 1 is 1.02 bits per heavy atom. The molecule has 0 aromatic heterocycles. The molecule has 1 atom stereocenters. The number of rotatable bonds is 11. The molecule has 218 valence electrons. The fourth-order valence-corrected chi connectivity index (χ4v) is 5.75. The van der Waals surface area contributed by atoms with Gasteiger partial charge in [-0.2, -0.15) is 0 Å². The number of hydrogen-bond acceptors (Lipinski definition) is 7. The smallest absolute Gasteiger partial charge is 0.264 e. The van der Waals surface area contributed by atoms with Crippen LogP contribution < -0.4 is 23.8 Å². The molecule has 1 aliphatic rings. The van der Waals surface area contributed by atoms with Crippen molar-refractivity contribution in [3.05, 3.63) is 78.1 Å². The van der Waals surface area contributed by atoms with Crippen LogP contribution in [0.5, 0.6) is 17.2 Å². The first-order chi connectivity index (χ1) is 19.6. The van der Waals surface area contributed by atoms with E-state index in [1.807, 2.05) is 0 Å². The van der Waals surface area contributed by atoms with Gasteiger partial charge in [0.2, 0.25) is 11.8 Å². The highest BCUT2D eigenvalue weighted by Gasteiger charge is 2.33. The first-order valence-corrected chi connectivity index (χ1v) is 14.5. The van der Waals surface area contributed by atoms with Crippen molar-refractivity contribution >= 4 is 27.5 Å². The van der Waals surface area contributed by atoms with Crippen molar-refractivity contribution in [2.75, 3.05) is 37.7 Å². The van der Waals surface area contributed by atoms with Gasteiger partial charge >= 0.3 is 0 Å². The molecule has 1 aliphatic heterocycles. The SMILES string of the molecule is CCNC(=O)[C@@H](C)N(Cc1cccc(OC)c1)C(=O)CN(c1ccc(F)cc1)S(=O)(=O)c1ccc2c(c1)OCCO2. The second-order valence-electron chi connectivity index (χ2n) is 9.24. The molecular formula is C29H32FN3O7S. The lowest BCUT2D eigenvalue weighted by Crippen LogP contribution is -2.51. The second kappa shape index (κ2) is 12.9. The predicted octanol–water partition coefficient (Wildman–Crippen LogP) is 3.35. The molecule has 1 N–H and O–H groups in total. The van der Waals surface area contributed by atoms with Crippen LogP contribution >= 0.6 is 0 Å². The summed E-state index contributed by atoms with van der Waals surface area (Å²) in [6.45, 7) is 3.63. The largest absolute Gasteiger partial charge is 0.497 e. The van der Waals surface area contributed by atoms with E-state index in [0.29, 0.717) is 30.2 Å². The number of carbonyl (C=O) groups is 2. The minimum atomic E-state index is -4.36. The van der Waals surface area contributed by atoms with Crippen molar-refractivity contribution in [2.24, 2.45) is 0 Å². The molecule has 3 aromatic rings. The third-order valence-electron chi connectivity index (χ3n) is 6.50. The summed E-state index contributed by atoms with van der Waals surface area (Å²) in [5.41, 5.74) is 0.749. The van der Waals surface area contributed by atoms with Crippen LogP contribution in [0.25, 0.3) is 0 Å². The van der Waals surface area contributed by atoms with E-state index in [-0.39, 0.29) is 29.5 Å². The first kappa shape index (κ1) is 29.7. The van der Waals surface area contributed by atoms with E-state index in [2.05, 4.69) is 5.32 Å². The van der Waals surface area contributed by atoms with E-state index < -0.39 is 40.2 Å². The summed E-state index contributed by atoms with van der Waals surface area (Å²) in [5.74, 6) is -0.383. The molecule has 4 rings (SSSR count). The lowest BCUT2D eigenvalue weighted by atomic mass is 10.1. The van der Waals surface area contributed by atoms with Crippen molar-refractivity contribution in [2.45, 2.75) is 31.3 Å². The summed E-state index contributed by atoms with van der Waals surface area (Å²) in [6, 6.07) is 15.0. The molecule has 3 aromatic carbocycles. The van der Waals surface area contributed by atoms with Gasteiger partial charge < -0.3 is 24.4 Å². The number of sulfonamides is 1. The Balaban J connectivity index is 1.72. The number of hydrogen-bond donors (Lipinski definition) is 1. The minimum Gasteiger partial charge on any atom is -0.497 e. The molecule has 0 radical (unpaired) electrons. The van der Waals surface area contributed by atoms with Crippen molar-refractivity contribution in [3.8, 4) is 17.2 Å². The number of amides is 2. The highest BCUT2D eigenvalue weighted by atomic mass is 32.2. The Morgan fingerprint density at radius 2 is 1.73 bits per heavy atom. The van der Waals surface area contributed by atoms with E-state index in [1.165, 1.54) is 42.3 Å². The van der Waals surface area contributed by atoms with Gasteiger partial charge in [-0.1, -0.05) is 12.1 Å². The van der Waals surface area contributed by atoms with Crippen LogP contribution in [0, 0.1) is 5.82 Å². The Bertz CT molecular complexity index is 1500. The third kappa shape index (κ3) is 6.88. The monoisotopic (exact) mass is 585 g/mol. The molecule has 2 amide bonds. The quantitative estimate of drug-likeness (QED) is 0.367. The van der Waals surface area contributed by atoms with Crippen LogP contribution in [0.3, 0.4) is 0 Å². The van der Waals surface area contributed by atoms with E-state index in [1.54, 1.807) is 38.1 Å². The predicted molar refractivity (Wildman–Crippen MR) is 150 cm³/mol. The maximum absolute atomic E-state index is 14.0. The highest BCUT2D eigenvalue weighted by molar-refractivity contribution is 7.92. The van der Waals surface area contributed by atoms with Gasteiger partial charge in [0.25, 0.3) is 10.0 Å². The number of anilines is 1. The van der Waals surface area contributed by atoms with E-state index >= 15 is 0 Å². The lowest BCUT2D eigenvalue weighted by Gasteiger charge is -2.32. The van der Waals surface area contributed by atoms with Crippen LogP contribution in [0.15, 0.2) is 71.6 Å². The molecule has 0 fully saturated rings. The molecule has 10 nitrogen and oxygen atoms in total. The molecule has 0 spiro atoms. The van der Waals surface area contributed by atoms with Gasteiger partial charge in [0.1, 0.15) is 37.4 Å². The average molecular weight is 586 g/mol. The van der Waals surface area contributed by atoms with Gasteiger partial charge in [-0.3, -0.25) is 13.9 Å². The lowest BCUT2D eigenvalue weighted by molar-refractivity contribution is -0.139. The Morgan fingerprint density at radius 3 is 2.41 bits per heavy atom. The zero-order valence-electron chi connectivity index (χ0n) is 23.0. The number of methoxy groups -OCH3 is 1. The number of nitrogens with one attached hydrogen (secondary N) is 1. The van der Waals surface area contributed by atoms with E-state index in [4.69, 9.17) is 14.2 Å². The van der Waals surface area contributed by atoms with Crippen molar-refractivity contribution in [1.29, 1.82) is 0 Å². The standard InChI is InChI=1S/C29H32FN3O7S/c1-4-31-29(35)20(2)32(18-21-6-5-7-24(16-21)38-3)28(34)19-33(23-10-8-22(30)9-11-23)41(36,37)25-12-13-26-27(17-25)40-15-14-39-26/h5-13,16-17,20H,4,14-15,18-19H2,1-3H3,(H,31,35)/t20-/m1/s1. The molecule has 0 saturated carbocycles. The van der Waals surface area contributed by atoms with Crippen LogP contribution in [0.4, 0.5) is 10.1 Å². The third-order valence-corrected chi connectivity index (χ3v) is 8.27. The maximum atomic E-state index is 14.0. The maximum Gasteiger partial charge on any atom is 0.264 e. The summed E-state index contributed by atoms with van der Waals surface area (Å²) < 4.78 is 59.0. The fraction of sp³-hybridized carbons (Fsp3) is 0.310. The van der Waals surface area contributed by atoms with Gasteiger partial charge in [-0.15, -0.1) is 0 Å². The first-order valence-electron chi connectivity index (χ1n) is 13.0. The second-order valence-corrected chi connectivity index (χ2v) is 11.1. The van der Waals surface area contributed by atoms with Gasteiger partial charge in [0.15, 0.2) is 11.5 Å². The number of halogens is 1. The summed E-state index contributed by atoms with van der Waals surface area (Å²) >= 11 is 0. The zero-order chi connectivity index (χ0) is 29.6. The molecule has 0 unspecified atom stereocenters. The molecule has 0 saturated heterocycles. The van der Waals surface area contributed by atoms with Gasteiger partial charge in [0, 0.05) is 19.2 Å². The van der Waals surface area contributed by atoms with Crippen molar-refractivity contribution in [3.63, 3.8) is 0 Å². The molecular weight excluding hydrogens is 553 g/mol. The van der Waals surface area contributed by atoms with Gasteiger partial charge in [-0.05, 0) is 67.9 Å². The summed E-state index contributed by atoms with van der Waals surface area (Å²) in [5, 5.41) is 2.71. The fourth-order valence-electron chi connectivity index (χ4n) is 4.32. The molecule has 1 heterocycles. The van der Waals surface area contributed by atoms with E-state index in [9.17, 15) is 22.4 Å². The molecule has 12 heteroatoms. The summed E-state index contributed by atoms with van der Waals surface area (Å²) in [6.07, 6.45) is 0. The Hall–Kier alpha value is -4.32. The van der Waals surface area contributed by atoms with Crippen LogP contribution in [0.2, 0.25) is 0 Å². The van der Waals surface area contributed by atoms with Crippen LogP contribution in [-0.2, 0) is 26.2 Å². The molecule has 41 heavy (non-hydrogen) atoms. The molecule has 0 aliphatic carbocycles. The summed E-state index contributed by atoms with van der Waals surface area (Å²) in [4.78, 5) is 27.9. The highest BCUT2D eigenvalue weighted by Crippen LogP contribution is 2.34. The van der Waals surface area contributed by atoms with Gasteiger partial charge in [-0.25, -0.2) is 12.8 Å². The summed E-state index contributed by atoms with van der Waals surface area (Å²) in [7, 11) is -2.84. The number of benzene rings is 3. The molecule has 0 bridgehead atoms.